The third kappa shape index (κ3) is 4.97. The molecule has 0 aromatic heterocycles. The molecule has 2 aromatic carbocycles. The van der Waals surface area contributed by atoms with Crippen LogP contribution in [0.15, 0.2) is 60.7 Å². The van der Waals surface area contributed by atoms with Crippen molar-refractivity contribution in [2.75, 3.05) is 18.4 Å². The highest BCUT2D eigenvalue weighted by atomic mass is 16.2. The Morgan fingerprint density at radius 2 is 1.71 bits per heavy atom. The van der Waals surface area contributed by atoms with E-state index < -0.39 is 12.0 Å². The van der Waals surface area contributed by atoms with Crippen LogP contribution in [0, 0.1) is 5.92 Å². The van der Waals surface area contributed by atoms with Crippen molar-refractivity contribution in [3.05, 3.63) is 66.2 Å². The molecule has 1 aliphatic heterocycles. The average molecular weight is 379 g/mol. The van der Waals surface area contributed by atoms with E-state index in [1.165, 1.54) is 0 Å². The van der Waals surface area contributed by atoms with Crippen LogP contribution in [0.2, 0.25) is 0 Å². The van der Waals surface area contributed by atoms with E-state index in [0.29, 0.717) is 25.2 Å². The van der Waals surface area contributed by atoms with Gasteiger partial charge in [0, 0.05) is 31.6 Å². The van der Waals surface area contributed by atoms with Crippen LogP contribution >= 0.6 is 0 Å². The molecule has 0 saturated carbocycles. The largest absolute Gasteiger partial charge is 0.344 e. The summed E-state index contributed by atoms with van der Waals surface area (Å²) in [7, 11) is 0. The molecule has 0 bridgehead atoms. The first-order valence-electron chi connectivity index (χ1n) is 9.54. The monoisotopic (exact) mass is 379 g/mol. The number of amides is 3. The van der Waals surface area contributed by atoms with E-state index in [1.807, 2.05) is 55.5 Å². The van der Waals surface area contributed by atoms with Crippen LogP contribution in [0.1, 0.15) is 18.9 Å². The molecule has 2 N–H and O–H groups in total. The van der Waals surface area contributed by atoms with Gasteiger partial charge in [-0.1, -0.05) is 48.5 Å². The summed E-state index contributed by atoms with van der Waals surface area (Å²) in [6, 6.07) is 18.0. The predicted molar refractivity (Wildman–Crippen MR) is 108 cm³/mol. The second kappa shape index (κ2) is 9.17. The molecule has 1 heterocycles. The van der Waals surface area contributed by atoms with Crippen LogP contribution in [0.3, 0.4) is 0 Å². The molecular weight excluding hydrogens is 354 g/mol. The van der Waals surface area contributed by atoms with E-state index in [2.05, 4.69) is 10.6 Å². The lowest BCUT2D eigenvalue weighted by atomic mass is 10.0. The second-order valence-corrected chi connectivity index (χ2v) is 6.94. The molecule has 2 unspecified atom stereocenters. The predicted octanol–water partition coefficient (Wildman–Crippen LogP) is 2.22. The van der Waals surface area contributed by atoms with Gasteiger partial charge in [-0.05, 0) is 24.6 Å². The maximum absolute atomic E-state index is 12.8. The minimum atomic E-state index is -0.721. The van der Waals surface area contributed by atoms with Crippen molar-refractivity contribution in [2.45, 2.75) is 25.8 Å². The number of nitrogens with one attached hydrogen (secondary N) is 2. The van der Waals surface area contributed by atoms with Crippen molar-refractivity contribution < 1.29 is 14.4 Å². The van der Waals surface area contributed by atoms with Gasteiger partial charge in [-0.3, -0.25) is 14.4 Å². The highest BCUT2D eigenvalue weighted by Crippen LogP contribution is 2.18. The van der Waals surface area contributed by atoms with Gasteiger partial charge in [0.25, 0.3) is 0 Å². The number of carbonyl (C=O) groups excluding carboxylic acids is 3. The fourth-order valence-electron chi connectivity index (χ4n) is 3.35. The van der Waals surface area contributed by atoms with E-state index in [9.17, 15) is 14.4 Å². The summed E-state index contributed by atoms with van der Waals surface area (Å²) in [5.41, 5.74) is 1.63. The van der Waals surface area contributed by atoms with Gasteiger partial charge in [0.1, 0.15) is 6.04 Å². The number of carbonyl (C=O) groups is 3. The van der Waals surface area contributed by atoms with Crippen molar-refractivity contribution >= 4 is 23.4 Å². The summed E-state index contributed by atoms with van der Waals surface area (Å²) in [4.78, 5) is 39.2. The van der Waals surface area contributed by atoms with Gasteiger partial charge in [0.15, 0.2) is 0 Å². The zero-order valence-electron chi connectivity index (χ0n) is 15.9. The normalized spacial score (nSPS) is 17.2. The Labute approximate surface area is 164 Å². The average Bonchev–Trinajstić information content (AvgIpc) is 3.10. The van der Waals surface area contributed by atoms with Gasteiger partial charge in [0.05, 0.1) is 5.92 Å². The van der Waals surface area contributed by atoms with Crippen LogP contribution < -0.4 is 10.6 Å². The van der Waals surface area contributed by atoms with E-state index in [1.54, 1.807) is 17.0 Å². The Kier molecular flexibility index (Phi) is 6.42. The third-order valence-electron chi connectivity index (χ3n) is 4.92. The van der Waals surface area contributed by atoms with Gasteiger partial charge in [0.2, 0.25) is 17.7 Å². The molecule has 0 radical (unpaired) electrons. The van der Waals surface area contributed by atoms with Crippen LogP contribution in [-0.4, -0.2) is 41.8 Å². The van der Waals surface area contributed by atoms with Crippen LogP contribution in [0.25, 0.3) is 0 Å². The Morgan fingerprint density at radius 1 is 1.07 bits per heavy atom. The minimum Gasteiger partial charge on any atom is -0.344 e. The number of anilines is 1. The van der Waals surface area contributed by atoms with Crippen molar-refractivity contribution in [3.63, 3.8) is 0 Å². The molecule has 6 nitrogen and oxygen atoms in total. The molecular formula is C22H25N3O3. The van der Waals surface area contributed by atoms with Crippen molar-refractivity contribution in [3.8, 4) is 0 Å². The summed E-state index contributed by atoms with van der Waals surface area (Å²) in [6.45, 7) is 2.88. The lowest BCUT2D eigenvalue weighted by Gasteiger charge is -2.21. The van der Waals surface area contributed by atoms with Gasteiger partial charge in [-0.2, -0.15) is 0 Å². The molecule has 6 heteroatoms. The second-order valence-electron chi connectivity index (χ2n) is 6.94. The number of nitrogens with zero attached hydrogens (tertiary/aromatic N) is 1. The molecule has 3 rings (SSSR count). The lowest BCUT2D eigenvalue weighted by molar-refractivity contribution is -0.130. The first-order chi connectivity index (χ1) is 13.6. The maximum atomic E-state index is 12.8. The maximum Gasteiger partial charge on any atom is 0.247 e. The highest BCUT2D eigenvalue weighted by Gasteiger charge is 2.35. The van der Waals surface area contributed by atoms with Gasteiger partial charge >= 0.3 is 0 Å². The van der Waals surface area contributed by atoms with Crippen molar-refractivity contribution in [2.24, 2.45) is 5.92 Å². The van der Waals surface area contributed by atoms with Crippen molar-refractivity contribution in [1.82, 2.24) is 10.2 Å². The minimum absolute atomic E-state index is 0.0176. The zero-order valence-corrected chi connectivity index (χ0v) is 15.9. The molecule has 1 saturated heterocycles. The Balaban J connectivity index is 1.71. The number of hydrogen-bond acceptors (Lipinski definition) is 3. The number of hydrogen-bond donors (Lipinski definition) is 2. The highest BCUT2D eigenvalue weighted by molar-refractivity contribution is 5.98. The molecule has 2 atom stereocenters. The van der Waals surface area contributed by atoms with E-state index in [4.69, 9.17) is 0 Å². The molecule has 0 aliphatic carbocycles. The van der Waals surface area contributed by atoms with Gasteiger partial charge in [-0.15, -0.1) is 0 Å². The van der Waals surface area contributed by atoms with E-state index in [-0.39, 0.29) is 24.1 Å². The first kappa shape index (κ1) is 19.6. The Morgan fingerprint density at radius 3 is 2.32 bits per heavy atom. The SMILES string of the molecule is CCN1CC(C(=O)NC(Cc2ccccc2)C(=O)Nc2ccccc2)CC1=O. The number of rotatable bonds is 7. The fourth-order valence-corrected chi connectivity index (χ4v) is 3.35. The molecule has 1 aliphatic rings. The zero-order chi connectivity index (χ0) is 19.9. The van der Waals surface area contributed by atoms with Crippen LogP contribution in [0.5, 0.6) is 0 Å². The topological polar surface area (TPSA) is 78.5 Å². The summed E-state index contributed by atoms with van der Waals surface area (Å²) >= 11 is 0. The van der Waals surface area contributed by atoms with E-state index >= 15 is 0 Å². The Bertz CT molecular complexity index is 823. The molecule has 1 fully saturated rings. The summed E-state index contributed by atoms with van der Waals surface area (Å²) in [5, 5.41) is 5.72. The lowest BCUT2D eigenvalue weighted by Crippen LogP contribution is -2.47. The molecule has 28 heavy (non-hydrogen) atoms. The van der Waals surface area contributed by atoms with Gasteiger partial charge in [-0.25, -0.2) is 0 Å². The summed E-state index contributed by atoms with van der Waals surface area (Å²) in [5.74, 6) is -0.972. The summed E-state index contributed by atoms with van der Waals surface area (Å²) in [6.07, 6.45) is 0.571. The standard InChI is InChI=1S/C22H25N3O3/c1-2-25-15-17(14-20(25)26)21(27)24-19(13-16-9-5-3-6-10-16)22(28)23-18-11-7-4-8-12-18/h3-12,17,19H,2,13-15H2,1H3,(H,23,28)(H,24,27). The molecule has 3 amide bonds. The Hall–Kier alpha value is -3.15. The van der Waals surface area contributed by atoms with Crippen LogP contribution in [-0.2, 0) is 20.8 Å². The number of likely N-dealkylation sites (tertiary alicyclic amines) is 1. The number of para-hydroxylation sites is 1. The third-order valence-corrected chi connectivity index (χ3v) is 4.92. The molecule has 2 aromatic rings. The smallest absolute Gasteiger partial charge is 0.247 e. The van der Waals surface area contributed by atoms with Gasteiger partial charge < -0.3 is 15.5 Å². The summed E-state index contributed by atoms with van der Waals surface area (Å²) < 4.78 is 0. The molecule has 146 valence electrons. The molecule has 0 spiro atoms. The first-order valence-corrected chi connectivity index (χ1v) is 9.54. The fraction of sp³-hybridized carbons (Fsp3) is 0.318. The number of benzene rings is 2. The quantitative estimate of drug-likeness (QED) is 0.774. The van der Waals surface area contributed by atoms with Crippen molar-refractivity contribution in [1.29, 1.82) is 0 Å². The van der Waals surface area contributed by atoms with Crippen LogP contribution in [0.4, 0.5) is 5.69 Å². The van der Waals surface area contributed by atoms with E-state index in [0.717, 1.165) is 5.56 Å².